The van der Waals surface area contributed by atoms with Gasteiger partial charge in [0.1, 0.15) is 0 Å². The highest BCUT2D eigenvalue weighted by Gasteiger charge is 2.11. The summed E-state index contributed by atoms with van der Waals surface area (Å²) in [5, 5.41) is 2.71. The molecule has 1 heterocycles. The second kappa shape index (κ2) is 7.17. The number of aryl methyl sites for hydroxylation is 2. The van der Waals surface area contributed by atoms with Crippen molar-refractivity contribution in [2.45, 2.75) is 13.8 Å². The zero-order chi connectivity index (χ0) is 16.1. The van der Waals surface area contributed by atoms with Crippen LogP contribution in [0.1, 0.15) is 21.5 Å². The molecule has 0 aliphatic carbocycles. The number of ether oxygens (including phenoxy) is 1. The van der Waals surface area contributed by atoms with Crippen LogP contribution >= 0.6 is 15.9 Å². The maximum Gasteiger partial charge on any atom is 0.340 e. The highest BCUT2D eigenvalue weighted by atomic mass is 79.9. The number of pyridine rings is 1. The number of amides is 1. The van der Waals surface area contributed by atoms with Crippen molar-refractivity contribution in [1.29, 1.82) is 0 Å². The van der Waals surface area contributed by atoms with Crippen LogP contribution in [0.4, 0.5) is 5.69 Å². The van der Waals surface area contributed by atoms with E-state index >= 15 is 0 Å². The molecule has 1 aromatic heterocycles. The monoisotopic (exact) mass is 362 g/mol. The topological polar surface area (TPSA) is 68.3 Å². The van der Waals surface area contributed by atoms with Gasteiger partial charge in [0.25, 0.3) is 5.91 Å². The van der Waals surface area contributed by atoms with Crippen molar-refractivity contribution < 1.29 is 14.3 Å². The van der Waals surface area contributed by atoms with Crippen LogP contribution in [0.5, 0.6) is 0 Å². The van der Waals surface area contributed by atoms with Gasteiger partial charge in [-0.15, -0.1) is 0 Å². The predicted octanol–water partition coefficient (Wildman–Crippen LogP) is 3.26. The molecule has 0 saturated heterocycles. The Morgan fingerprint density at radius 3 is 2.68 bits per heavy atom. The van der Waals surface area contributed by atoms with Crippen LogP contribution in [0.2, 0.25) is 0 Å². The third-order valence-electron chi connectivity index (χ3n) is 2.93. The lowest BCUT2D eigenvalue weighted by Crippen LogP contribution is -2.21. The minimum Gasteiger partial charge on any atom is -0.452 e. The summed E-state index contributed by atoms with van der Waals surface area (Å²) in [5.41, 5.74) is 3.06. The SMILES string of the molecule is Cc1ccc(NC(=O)COC(=O)c2cncc(Br)c2)c(C)c1. The number of carbonyl (C=O) groups excluding carboxylic acids is 2. The van der Waals surface area contributed by atoms with Crippen LogP contribution in [0.25, 0.3) is 0 Å². The molecule has 2 aromatic rings. The van der Waals surface area contributed by atoms with E-state index in [1.54, 1.807) is 12.3 Å². The molecule has 114 valence electrons. The van der Waals surface area contributed by atoms with E-state index in [2.05, 4.69) is 26.2 Å². The lowest BCUT2D eigenvalue weighted by Gasteiger charge is -2.09. The summed E-state index contributed by atoms with van der Waals surface area (Å²) < 4.78 is 5.64. The molecule has 1 N–H and O–H groups in total. The maximum absolute atomic E-state index is 11.8. The van der Waals surface area contributed by atoms with E-state index in [0.29, 0.717) is 10.2 Å². The first-order valence-corrected chi connectivity index (χ1v) is 7.40. The summed E-state index contributed by atoms with van der Waals surface area (Å²) in [6.07, 6.45) is 2.94. The number of rotatable bonds is 4. The zero-order valence-electron chi connectivity index (χ0n) is 12.2. The molecule has 5 nitrogen and oxygen atoms in total. The average molecular weight is 363 g/mol. The maximum atomic E-state index is 11.8. The number of carbonyl (C=O) groups is 2. The second-order valence-electron chi connectivity index (χ2n) is 4.83. The number of nitrogens with zero attached hydrogens (tertiary/aromatic N) is 1. The number of anilines is 1. The third kappa shape index (κ3) is 4.39. The lowest BCUT2D eigenvalue weighted by atomic mass is 10.1. The van der Waals surface area contributed by atoms with Gasteiger partial charge in [-0.2, -0.15) is 0 Å². The minimum atomic E-state index is -0.593. The van der Waals surface area contributed by atoms with E-state index in [4.69, 9.17) is 4.74 Å². The summed E-state index contributed by atoms with van der Waals surface area (Å²) >= 11 is 3.22. The molecule has 0 fully saturated rings. The summed E-state index contributed by atoms with van der Waals surface area (Å²) in [4.78, 5) is 27.5. The smallest absolute Gasteiger partial charge is 0.340 e. The number of hydrogen-bond acceptors (Lipinski definition) is 4. The zero-order valence-corrected chi connectivity index (χ0v) is 13.8. The molecule has 0 saturated carbocycles. The molecule has 1 aromatic carbocycles. The highest BCUT2D eigenvalue weighted by Crippen LogP contribution is 2.16. The van der Waals surface area contributed by atoms with Crippen LogP contribution in [-0.2, 0) is 9.53 Å². The number of benzene rings is 1. The Balaban J connectivity index is 1.91. The van der Waals surface area contributed by atoms with Gasteiger partial charge in [0, 0.05) is 22.6 Å². The Kier molecular flexibility index (Phi) is 5.27. The van der Waals surface area contributed by atoms with Crippen molar-refractivity contribution in [3.8, 4) is 0 Å². The molecule has 0 atom stereocenters. The number of esters is 1. The molecule has 0 aliphatic heterocycles. The molecule has 0 aliphatic rings. The predicted molar refractivity (Wildman–Crippen MR) is 86.8 cm³/mol. The van der Waals surface area contributed by atoms with Gasteiger partial charge in [0.2, 0.25) is 0 Å². The largest absolute Gasteiger partial charge is 0.452 e. The summed E-state index contributed by atoms with van der Waals surface area (Å²) in [6, 6.07) is 7.27. The first-order chi connectivity index (χ1) is 10.5. The van der Waals surface area contributed by atoms with Crippen molar-refractivity contribution in [3.05, 3.63) is 57.8 Å². The van der Waals surface area contributed by atoms with Crippen molar-refractivity contribution >= 4 is 33.5 Å². The summed E-state index contributed by atoms with van der Waals surface area (Å²) in [7, 11) is 0. The number of aromatic nitrogens is 1. The summed E-state index contributed by atoms with van der Waals surface area (Å²) in [5.74, 6) is -0.979. The van der Waals surface area contributed by atoms with E-state index in [1.165, 1.54) is 6.20 Å². The van der Waals surface area contributed by atoms with E-state index in [0.717, 1.165) is 11.1 Å². The normalized spacial score (nSPS) is 10.1. The molecular weight excluding hydrogens is 348 g/mol. The molecular formula is C16H15BrN2O3. The van der Waals surface area contributed by atoms with Crippen LogP contribution in [0, 0.1) is 13.8 Å². The van der Waals surface area contributed by atoms with Gasteiger partial charge in [-0.3, -0.25) is 9.78 Å². The lowest BCUT2D eigenvalue weighted by molar-refractivity contribution is -0.119. The first kappa shape index (κ1) is 16.2. The van der Waals surface area contributed by atoms with Crippen molar-refractivity contribution in [1.82, 2.24) is 4.98 Å². The Morgan fingerprint density at radius 2 is 2.00 bits per heavy atom. The van der Waals surface area contributed by atoms with Crippen LogP contribution in [-0.4, -0.2) is 23.5 Å². The van der Waals surface area contributed by atoms with E-state index in [9.17, 15) is 9.59 Å². The number of nitrogens with one attached hydrogen (secondary N) is 1. The fourth-order valence-corrected chi connectivity index (χ4v) is 2.24. The van der Waals surface area contributed by atoms with E-state index < -0.39 is 5.97 Å². The van der Waals surface area contributed by atoms with Crippen LogP contribution in [0.3, 0.4) is 0 Å². The van der Waals surface area contributed by atoms with Crippen molar-refractivity contribution in [2.75, 3.05) is 11.9 Å². The Labute approximate surface area is 136 Å². The molecule has 0 unspecified atom stereocenters. The first-order valence-electron chi connectivity index (χ1n) is 6.60. The van der Waals surface area contributed by atoms with Crippen LogP contribution < -0.4 is 5.32 Å². The Hall–Kier alpha value is -2.21. The highest BCUT2D eigenvalue weighted by molar-refractivity contribution is 9.10. The molecule has 22 heavy (non-hydrogen) atoms. The summed E-state index contributed by atoms with van der Waals surface area (Å²) in [6.45, 7) is 3.53. The Bertz CT molecular complexity index is 716. The molecule has 1 amide bonds. The number of hydrogen-bond donors (Lipinski definition) is 1. The standard InChI is InChI=1S/C16H15BrN2O3/c1-10-3-4-14(11(2)5-10)19-15(20)9-22-16(21)12-6-13(17)8-18-7-12/h3-8H,9H2,1-2H3,(H,19,20). The van der Waals surface area contributed by atoms with Gasteiger partial charge in [0.05, 0.1) is 5.56 Å². The molecule has 0 bridgehead atoms. The number of halogens is 1. The average Bonchev–Trinajstić information content (AvgIpc) is 2.47. The third-order valence-corrected chi connectivity index (χ3v) is 3.36. The Morgan fingerprint density at radius 1 is 1.23 bits per heavy atom. The van der Waals surface area contributed by atoms with E-state index in [1.807, 2.05) is 32.0 Å². The fraction of sp³-hybridized carbons (Fsp3) is 0.188. The minimum absolute atomic E-state index is 0.286. The van der Waals surface area contributed by atoms with Gasteiger partial charge in [-0.25, -0.2) is 4.79 Å². The van der Waals surface area contributed by atoms with Crippen LogP contribution in [0.15, 0.2) is 41.1 Å². The van der Waals surface area contributed by atoms with Gasteiger partial charge in [-0.1, -0.05) is 17.7 Å². The molecule has 2 rings (SSSR count). The van der Waals surface area contributed by atoms with Gasteiger partial charge in [0.15, 0.2) is 6.61 Å². The molecule has 0 spiro atoms. The fourth-order valence-electron chi connectivity index (χ4n) is 1.88. The van der Waals surface area contributed by atoms with E-state index in [-0.39, 0.29) is 18.1 Å². The van der Waals surface area contributed by atoms with Gasteiger partial charge < -0.3 is 10.1 Å². The van der Waals surface area contributed by atoms with Crippen molar-refractivity contribution in [2.24, 2.45) is 0 Å². The molecule has 0 radical (unpaired) electrons. The molecule has 6 heteroatoms. The second-order valence-corrected chi connectivity index (χ2v) is 5.75. The quantitative estimate of drug-likeness (QED) is 0.847. The van der Waals surface area contributed by atoms with Crippen molar-refractivity contribution in [3.63, 3.8) is 0 Å². The van der Waals surface area contributed by atoms with Gasteiger partial charge >= 0.3 is 5.97 Å². The van der Waals surface area contributed by atoms with Gasteiger partial charge in [-0.05, 0) is 47.5 Å².